The van der Waals surface area contributed by atoms with Crippen LogP contribution in [0.3, 0.4) is 0 Å². The molecule has 0 unspecified atom stereocenters. The van der Waals surface area contributed by atoms with Crippen molar-refractivity contribution in [2.24, 2.45) is 0 Å². The maximum atomic E-state index is 2.52. The van der Waals surface area contributed by atoms with Crippen LogP contribution in [0, 0.1) is 0 Å². The SMILES string of the molecule is CCN(CC)CCC[CH2][Ga]([CH3])[CH3]. The van der Waals surface area contributed by atoms with E-state index in [2.05, 4.69) is 29.7 Å². The van der Waals surface area contributed by atoms with Crippen LogP contribution >= 0.6 is 0 Å². The first kappa shape index (κ1) is 12.6. The van der Waals surface area contributed by atoms with Crippen LogP contribution in [0.15, 0.2) is 0 Å². The van der Waals surface area contributed by atoms with Crippen molar-refractivity contribution in [3.05, 3.63) is 0 Å². The number of rotatable bonds is 7. The van der Waals surface area contributed by atoms with E-state index in [1.807, 2.05) is 0 Å². The first-order valence-electron chi connectivity index (χ1n) is 5.43. The molecule has 0 aliphatic rings. The first-order chi connectivity index (χ1) is 5.70. The molecule has 12 heavy (non-hydrogen) atoms. The molecule has 0 atom stereocenters. The van der Waals surface area contributed by atoms with Crippen molar-refractivity contribution in [2.45, 2.75) is 42.6 Å². The second kappa shape index (κ2) is 8.21. The Balaban J connectivity index is 3.17. The van der Waals surface area contributed by atoms with Gasteiger partial charge >= 0.3 is 83.4 Å². The number of hydrogen-bond acceptors (Lipinski definition) is 1. The van der Waals surface area contributed by atoms with E-state index in [9.17, 15) is 0 Å². The number of nitrogens with zero attached hydrogens (tertiary/aromatic N) is 1. The van der Waals surface area contributed by atoms with Crippen molar-refractivity contribution in [3.8, 4) is 0 Å². The minimum absolute atomic E-state index is 0.671. The molecule has 0 aliphatic heterocycles. The zero-order chi connectivity index (χ0) is 9.40. The molecule has 72 valence electrons. The van der Waals surface area contributed by atoms with Crippen LogP contribution in [-0.4, -0.2) is 40.8 Å². The Kier molecular flexibility index (Phi) is 8.61. The second-order valence-corrected chi connectivity index (χ2v) is 11.0. The van der Waals surface area contributed by atoms with Gasteiger partial charge in [0.15, 0.2) is 0 Å². The Morgan fingerprint density at radius 2 is 1.58 bits per heavy atom. The summed E-state index contributed by atoms with van der Waals surface area (Å²) in [6.45, 7) is 8.27. The van der Waals surface area contributed by atoms with E-state index in [4.69, 9.17) is 0 Å². The van der Waals surface area contributed by atoms with Crippen LogP contribution in [0.25, 0.3) is 0 Å². The van der Waals surface area contributed by atoms with E-state index >= 15 is 0 Å². The van der Waals surface area contributed by atoms with Crippen LogP contribution < -0.4 is 0 Å². The third kappa shape index (κ3) is 7.26. The average Bonchev–Trinajstić information content (AvgIpc) is 2.04. The molecular weight excluding hydrogens is 204 g/mol. The summed E-state index contributed by atoms with van der Waals surface area (Å²) in [5.41, 5.74) is 4.98. The summed E-state index contributed by atoms with van der Waals surface area (Å²) in [4.78, 5) is 4.10. The van der Waals surface area contributed by atoms with Gasteiger partial charge in [-0.05, 0) is 0 Å². The van der Waals surface area contributed by atoms with Gasteiger partial charge in [-0.1, -0.05) is 0 Å². The van der Waals surface area contributed by atoms with E-state index in [-0.39, 0.29) is 0 Å². The molecule has 0 aromatic rings. The molecule has 0 bridgehead atoms. The fourth-order valence-electron chi connectivity index (χ4n) is 1.43. The van der Waals surface area contributed by atoms with Crippen molar-refractivity contribution in [2.75, 3.05) is 19.6 Å². The Hall–Kier alpha value is 0.596. The quantitative estimate of drug-likeness (QED) is 0.478. The van der Waals surface area contributed by atoms with Crippen LogP contribution in [0.5, 0.6) is 0 Å². The number of hydrogen-bond donors (Lipinski definition) is 0. The third-order valence-corrected chi connectivity index (χ3v) is 5.68. The molecule has 0 fully saturated rings. The molecule has 0 N–H and O–H groups in total. The molecule has 0 radical (unpaired) electrons. The Bertz CT molecular complexity index is 89.8. The molecule has 0 amide bonds. The monoisotopic (exact) mass is 227 g/mol. The van der Waals surface area contributed by atoms with E-state index < -0.39 is 16.2 Å². The van der Waals surface area contributed by atoms with Crippen molar-refractivity contribution in [1.82, 2.24) is 4.90 Å². The van der Waals surface area contributed by atoms with Crippen molar-refractivity contribution < 1.29 is 0 Å². The summed E-state index contributed by atoms with van der Waals surface area (Å²) < 4.78 is 0. The van der Waals surface area contributed by atoms with Crippen molar-refractivity contribution in [3.63, 3.8) is 0 Å². The summed E-state index contributed by atoms with van der Waals surface area (Å²) in [6.07, 6.45) is 2.90. The molecule has 0 saturated carbocycles. The fraction of sp³-hybridized carbons (Fsp3) is 1.00. The van der Waals surface area contributed by atoms with Gasteiger partial charge < -0.3 is 0 Å². The molecule has 0 aromatic carbocycles. The molecule has 1 nitrogen and oxygen atoms in total. The van der Waals surface area contributed by atoms with Gasteiger partial charge in [0, 0.05) is 0 Å². The molecule has 0 heterocycles. The number of unbranched alkanes of at least 4 members (excludes halogenated alkanes) is 1. The van der Waals surface area contributed by atoms with Gasteiger partial charge in [-0.3, -0.25) is 0 Å². The molecule has 0 spiro atoms. The van der Waals surface area contributed by atoms with E-state index in [1.165, 1.54) is 32.5 Å². The van der Waals surface area contributed by atoms with Crippen molar-refractivity contribution >= 4 is 16.2 Å². The standard InChI is InChI=1S/C8H18N.2CH3.Ga/c1-4-7-8-9(5-2)6-3;;;/h1,4-8H2,2-3H3;2*1H3;. The van der Waals surface area contributed by atoms with Gasteiger partial charge in [-0.25, -0.2) is 0 Å². The van der Waals surface area contributed by atoms with Crippen LogP contribution in [-0.2, 0) is 0 Å². The molecule has 0 saturated heterocycles. The van der Waals surface area contributed by atoms with Gasteiger partial charge in [0.05, 0.1) is 0 Å². The Labute approximate surface area is 83.6 Å². The van der Waals surface area contributed by atoms with E-state index in [0.717, 1.165) is 0 Å². The van der Waals surface area contributed by atoms with Crippen LogP contribution in [0.1, 0.15) is 26.7 Å². The van der Waals surface area contributed by atoms with Crippen LogP contribution in [0.4, 0.5) is 0 Å². The van der Waals surface area contributed by atoms with E-state index in [1.54, 1.807) is 4.98 Å². The summed E-state index contributed by atoms with van der Waals surface area (Å²) >= 11 is -0.671. The van der Waals surface area contributed by atoms with E-state index in [0.29, 0.717) is 0 Å². The van der Waals surface area contributed by atoms with Crippen LogP contribution in [0.2, 0.25) is 15.9 Å². The zero-order valence-electron chi connectivity index (χ0n) is 9.27. The summed E-state index contributed by atoms with van der Waals surface area (Å²) in [6, 6.07) is 0. The summed E-state index contributed by atoms with van der Waals surface area (Å²) in [7, 11) is 0. The predicted molar refractivity (Wildman–Crippen MR) is 59.3 cm³/mol. The summed E-state index contributed by atoms with van der Waals surface area (Å²) in [5, 5.41) is 0. The summed E-state index contributed by atoms with van der Waals surface area (Å²) in [5.74, 6) is 0. The van der Waals surface area contributed by atoms with Gasteiger partial charge in [0.2, 0.25) is 0 Å². The Morgan fingerprint density at radius 3 is 2.00 bits per heavy atom. The molecule has 0 aliphatic carbocycles. The predicted octanol–water partition coefficient (Wildman–Crippen LogP) is 2.86. The average molecular weight is 228 g/mol. The molecule has 2 heteroatoms. The normalized spacial score (nSPS) is 10.8. The first-order valence-corrected chi connectivity index (χ1v) is 12.0. The van der Waals surface area contributed by atoms with Gasteiger partial charge in [-0.15, -0.1) is 0 Å². The van der Waals surface area contributed by atoms with Gasteiger partial charge in [0.1, 0.15) is 0 Å². The maximum absolute atomic E-state index is 2.52. The Morgan fingerprint density at radius 1 is 1.00 bits per heavy atom. The molecule has 0 aromatic heterocycles. The van der Waals surface area contributed by atoms with Crippen molar-refractivity contribution in [1.29, 1.82) is 0 Å². The minimum atomic E-state index is -0.671. The second-order valence-electron chi connectivity index (χ2n) is 3.92. The topological polar surface area (TPSA) is 3.24 Å². The third-order valence-electron chi connectivity index (χ3n) is 2.40. The fourth-order valence-corrected chi connectivity index (χ4v) is 3.75. The van der Waals surface area contributed by atoms with Gasteiger partial charge in [-0.2, -0.15) is 0 Å². The molecule has 0 rings (SSSR count). The zero-order valence-corrected chi connectivity index (χ0v) is 11.7. The van der Waals surface area contributed by atoms with Gasteiger partial charge in [0.25, 0.3) is 0 Å². The molecular formula is C10H24GaN.